The lowest BCUT2D eigenvalue weighted by molar-refractivity contribution is -0.140. The second-order valence-corrected chi connectivity index (χ2v) is 10.1. The molecule has 1 aromatic carbocycles. The van der Waals surface area contributed by atoms with Crippen molar-refractivity contribution in [1.29, 1.82) is 0 Å². The molecule has 0 saturated heterocycles. The number of nitrogens with one attached hydrogen (secondary N) is 1. The normalized spacial score (nSPS) is 17.1. The molecule has 2 aliphatic rings. The summed E-state index contributed by atoms with van der Waals surface area (Å²) in [4.78, 5) is 29.9. The number of carboxylic acids is 1. The van der Waals surface area contributed by atoms with Crippen LogP contribution in [0.3, 0.4) is 0 Å². The summed E-state index contributed by atoms with van der Waals surface area (Å²) in [5, 5.41) is 14.5. The molecule has 3 aromatic heterocycles. The van der Waals surface area contributed by atoms with E-state index in [1.807, 2.05) is 47.0 Å². The molecule has 0 amide bonds. The third-order valence-electron chi connectivity index (χ3n) is 6.35. The Morgan fingerprint density at radius 3 is 2.74 bits per heavy atom. The molecule has 0 bridgehead atoms. The molecule has 1 fully saturated rings. The molecule has 34 heavy (non-hydrogen) atoms. The lowest BCUT2D eigenvalue weighted by Crippen LogP contribution is -2.29. The Kier molecular flexibility index (Phi) is 5.15. The third-order valence-corrected chi connectivity index (χ3v) is 7.74. The number of rotatable bonds is 6. The highest BCUT2D eigenvalue weighted by Gasteiger charge is 2.38. The number of fused-ring (bicyclic) bond motifs is 2. The Labute approximate surface area is 204 Å². The van der Waals surface area contributed by atoms with Crippen LogP contribution in [-0.4, -0.2) is 30.8 Å². The molecule has 6 rings (SSSR count). The molecule has 9 heteroatoms. The number of aromatic nitrogens is 3. The van der Waals surface area contributed by atoms with E-state index in [2.05, 4.69) is 5.32 Å². The average Bonchev–Trinajstić information content (AvgIpc) is 3.45. The van der Waals surface area contributed by atoms with Gasteiger partial charge in [-0.2, -0.15) is 0 Å². The summed E-state index contributed by atoms with van der Waals surface area (Å²) in [5.41, 5.74) is 4.00. The maximum Gasteiger partial charge on any atom is 0.327 e. The first-order valence-electron chi connectivity index (χ1n) is 11.1. The van der Waals surface area contributed by atoms with Crippen molar-refractivity contribution in [1.82, 2.24) is 14.0 Å². The van der Waals surface area contributed by atoms with Gasteiger partial charge < -0.3 is 10.4 Å². The summed E-state index contributed by atoms with van der Waals surface area (Å²) in [5.74, 6) is 0.432. The molecule has 4 heterocycles. The molecule has 4 aromatic rings. The second kappa shape index (κ2) is 8.21. The summed E-state index contributed by atoms with van der Waals surface area (Å²) in [6, 6.07) is 14.4. The Bertz CT molecular complexity index is 1490. The van der Waals surface area contributed by atoms with Crippen molar-refractivity contribution in [3.8, 4) is 11.3 Å². The summed E-state index contributed by atoms with van der Waals surface area (Å²) in [6.45, 7) is 0.576. The van der Waals surface area contributed by atoms with Gasteiger partial charge in [0.1, 0.15) is 23.2 Å². The molecule has 1 atom stereocenters. The number of anilines is 1. The van der Waals surface area contributed by atoms with E-state index in [4.69, 9.17) is 16.6 Å². The number of carbonyl (C=O) groups is 1. The standard InChI is InChI=1S/C25H21ClN4O3S/c26-16-8-9-19-28-22(23(29(19)12-16)27-11-14-4-2-1-3-5-14)17-10-20(31)30-18(25(32)33)13-34-24(30)21(17)15-6-7-15/h1-5,8-10,12,15,18,27H,6-7,11,13H2,(H,32,33). The molecule has 2 N–H and O–H groups in total. The van der Waals surface area contributed by atoms with Gasteiger partial charge in [0.15, 0.2) is 0 Å². The SMILES string of the molecule is O=C(O)C1CSc2c(C3CC3)c(-c3nc4ccc(Cl)cn4c3NCc3ccccc3)cc(=O)n21. The fourth-order valence-corrected chi connectivity index (χ4v) is 6.15. The molecule has 0 spiro atoms. The van der Waals surface area contributed by atoms with Crippen molar-refractivity contribution in [2.45, 2.75) is 36.4 Å². The lowest BCUT2D eigenvalue weighted by Gasteiger charge is -2.16. The molecule has 1 aliphatic heterocycles. The summed E-state index contributed by atoms with van der Waals surface area (Å²) in [7, 11) is 0. The van der Waals surface area contributed by atoms with E-state index < -0.39 is 12.0 Å². The number of hydrogen-bond acceptors (Lipinski definition) is 5. The molecule has 7 nitrogen and oxygen atoms in total. The van der Waals surface area contributed by atoms with Crippen molar-refractivity contribution in [2.24, 2.45) is 0 Å². The summed E-state index contributed by atoms with van der Waals surface area (Å²) >= 11 is 7.77. The van der Waals surface area contributed by atoms with Gasteiger partial charge in [-0.15, -0.1) is 11.8 Å². The minimum atomic E-state index is -0.976. The van der Waals surface area contributed by atoms with Gasteiger partial charge >= 0.3 is 5.97 Å². The van der Waals surface area contributed by atoms with Crippen molar-refractivity contribution in [3.05, 3.63) is 81.2 Å². The number of carboxylic acid groups (broad SMARTS) is 1. The van der Waals surface area contributed by atoms with Crippen LogP contribution in [0.5, 0.6) is 0 Å². The largest absolute Gasteiger partial charge is 0.480 e. The van der Waals surface area contributed by atoms with Gasteiger partial charge in [-0.25, -0.2) is 9.78 Å². The number of nitrogens with zero attached hydrogens (tertiary/aromatic N) is 3. The first-order valence-corrected chi connectivity index (χ1v) is 12.5. The van der Waals surface area contributed by atoms with Crippen LogP contribution >= 0.6 is 23.4 Å². The number of benzene rings is 1. The summed E-state index contributed by atoms with van der Waals surface area (Å²) < 4.78 is 3.36. The molecular formula is C25H21ClN4O3S. The fourth-order valence-electron chi connectivity index (χ4n) is 4.59. The Balaban J connectivity index is 1.55. The smallest absolute Gasteiger partial charge is 0.327 e. The highest BCUT2D eigenvalue weighted by molar-refractivity contribution is 7.99. The fraction of sp³-hybridized carbons (Fsp3) is 0.240. The Hall–Kier alpha value is -3.23. The number of halogens is 1. The van der Waals surface area contributed by atoms with Crippen LogP contribution in [0.4, 0.5) is 5.82 Å². The van der Waals surface area contributed by atoms with Gasteiger partial charge in [-0.3, -0.25) is 13.8 Å². The number of pyridine rings is 2. The van der Waals surface area contributed by atoms with E-state index >= 15 is 0 Å². The van der Waals surface area contributed by atoms with Gasteiger partial charge in [-0.05, 0) is 42.0 Å². The van der Waals surface area contributed by atoms with Crippen LogP contribution in [0.25, 0.3) is 16.9 Å². The van der Waals surface area contributed by atoms with E-state index in [-0.39, 0.29) is 5.56 Å². The van der Waals surface area contributed by atoms with Gasteiger partial charge in [-0.1, -0.05) is 41.9 Å². The van der Waals surface area contributed by atoms with Gasteiger partial charge in [0.2, 0.25) is 0 Å². The lowest BCUT2D eigenvalue weighted by atomic mass is 10.0. The van der Waals surface area contributed by atoms with Crippen LogP contribution in [0.2, 0.25) is 5.02 Å². The van der Waals surface area contributed by atoms with Gasteiger partial charge in [0.25, 0.3) is 5.56 Å². The van der Waals surface area contributed by atoms with Crippen molar-refractivity contribution in [2.75, 3.05) is 11.1 Å². The minimum Gasteiger partial charge on any atom is -0.480 e. The first kappa shape index (κ1) is 21.3. The van der Waals surface area contributed by atoms with Gasteiger partial charge in [0, 0.05) is 30.1 Å². The van der Waals surface area contributed by atoms with Crippen LogP contribution in [0.1, 0.15) is 35.9 Å². The molecule has 172 valence electrons. The molecular weight excluding hydrogens is 472 g/mol. The molecule has 0 radical (unpaired) electrons. The molecule has 1 saturated carbocycles. The Morgan fingerprint density at radius 1 is 1.21 bits per heavy atom. The third kappa shape index (κ3) is 3.58. The van der Waals surface area contributed by atoms with Crippen LogP contribution in [0.15, 0.2) is 64.5 Å². The van der Waals surface area contributed by atoms with Crippen molar-refractivity contribution in [3.63, 3.8) is 0 Å². The number of hydrogen-bond donors (Lipinski definition) is 2. The number of aliphatic carboxylic acids is 1. The predicted octanol–water partition coefficient (Wildman–Crippen LogP) is 5.04. The zero-order chi connectivity index (χ0) is 23.4. The zero-order valence-corrected chi connectivity index (χ0v) is 19.6. The minimum absolute atomic E-state index is 0.298. The molecule has 1 aliphatic carbocycles. The quantitative estimate of drug-likeness (QED) is 0.392. The maximum atomic E-state index is 13.2. The average molecular weight is 493 g/mol. The topological polar surface area (TPSA) is 88.6 Å². The van der Waals surface area contributed by atoms with Crippen LogP contribution < -0.4 is 10.9 Å². The first-order chi connectivity index (χ1) is 16.5. The number of thioether (sulfide) groups is 1. The van der Waals surface area contributed by atoms with E-state index in [1.165, 1.54) is 16.3 Å². The van der Waals surface area contributed by atoms with E-state index in [0.717, 1.165) is 40.4 Å². The van der Waals surface area contributed by atoms with E-state index in [0.29, 0.717) is 34.6 Å². The molecule has 1 unspecified atom stereocenters. The van der Waals surface area contributed by atoms with Crippen LogP contribution in [0, 0.1) is 0 Å². The highest BCUT2D eigenvalue weighted by Crippen LogP contribution is 2.51. The second-order valence-electron chi connectivity index (χ2n) is 8.65. The summed E-state index contributed by atoms with van der Waals surface area (Å²) in [6.07, 6.45) is 3.85. The van der Waals surface area contributed by atoms with E-state index in [9.17, 15) is 14.7 Å². The van der Waals surface area contributed by atoms with Gasteiger partial charge in [0.05, 0.1) is 10.0 Å². The monoisotopic (exact) mass is 492 g/mol. The van der Waals surface area contributed by atoms with Crippen molar-refractivity contribution < 1.29 is 9.90 Å². The van der Waals surface area contributed by atoms with E-state index in [1.54, 1.807) is 12.1 Å². The highest BCUT2D eigenvalue weighted by atomic mass is 35.5. The Morgan fingerprint density at radius 2 is 2.00 bits per heavy atom. The zero-order valence-electron chi connectivity index (χ0n) is 18.1. The number of imidazole rings is 1. The van der Waals surface area contributed by atoms with Crippen molar-refractivity contribution >= 4 is 40.8 Å². The maximum absolute atomic E-state index is 13.2. The predicted molar refractivity (Wildman–Crippen MR) is 133 cm³/mol. The van der Waals surface area contributed by atoms with Crippen LogP contribution in [-0.2, 0) is 11.3 Å².